The highest BCUT2D eigenvalue weighted by atomic mass is 15.6. The minimum Gasteiger partial charge on any atom is -0.269 e. The maximum atomic E-state index is 2.25. The third-order valence-corrected chi connectivity index (χ3v) is 1.90. The van der Waals surface area contributed by atoms with Gasteiger partial charge in [-0.1, -0.05) is 12.1 Å². The van der Waals surface area contributed by atoms with Crippen LogP contribution in [0.4, 0.5) is 0 Å². The highest BCUT2D eigenvalue weighted by Gasteiger charge is 2.21. The topological polar surface area (TPSA) is 9.86 Å². The largest absolute Gasteiger partial charge is 0.269 e. The number of nitrogens with zero attached hydrogens (tertiary/aromatic N) is 2. The van der Waals surface area contributed by atoms with Crippen LogP contribution in [0.25, 0.3) is 11.3 Å². The summed E-state index contributed by atoms with van der Waals surface area (Å²) in [6.07, 6.45) is 2.18. The quantitative estimate of drug-likeness (QED) is 0.420. The Balaban J connectivity index is 2.56. The fourth-order valence-corrected chi connectivity index (χ4v) is 1.36. The lowest BCUT2D eigenvalue weighted by atomic mass is 10.3. The summed E-state index contributed by atoms with van der Waals surface area (Å²) in [5.41, 5.74) is 2.73. The van der Waals surface area contributed by atoms with E-state index in [0.717, 1.165) is 6.67 Å². The molecule has 44 valence electrons. The Bertz CT molecular complexity index is 329. The van der Waals surface area contributed by atoms with Gasteiger partial charge in [0.15, 0.2) is 0 Å². The first kappa shape index (κ1) is 3.77. The number of aromatic nitrogens is 2. The molecule has 0 radical (unpaired) electrons. The molecule has 0 aromatic carbocycles. The molecule has 0 N–H and O–H groups in total. The molecule has 0 saturated carbocycles. The summed E-state index contributed by atoms with van der Waals surface area (Å²) in [5.74, 6) is 0. The molecular formula is C7H6N2. The molecule has 2 heterocycles. The first-order valence-electron chi connectivity index (χ1n) is 3.10. The molecule has 2 heteroatoms. The van der Waals surface area contributed by atoms with Gasteiger partial charge in [0.1, 0.15) is 6.67 Å². The van der Waals surface area contributed by atoms with Crippen molar-refractivity contribution in [3.8, 4) is 11.3 Å². The Morgan fingerprint density at radius 3 is 3.22 bits per heavy atom. The second-order valence-corrected chi connectivity index (χ2v) is 2.48. The van der Waals surface area contributed by atoms with Crippen molar-refractivity contribution in [1.82, 2.24) is 9.36 Å². The van der Waals surface area contributed by atoms with Crippen LogP contribution in [0.15, 0.2) is 24.4 Å². The summed E-state index contributed by atoms with van der Waals surface area (Å²) >= 11 is 0. The van der Waals surface area contributed by atoms with Crippen LogP contribution in [0.5, 0.6) is 0 Å². The summed E-state index contributed by atoms with van der Waals surface area (Å²) in [5, 5.41) is 0. The van der Waals surface area contributed by atoms with E-state index in [4.69, 9.17) is 0 Å². The standard InChI is InChI=1S/C7H6N2/c1-2-6-4-8-5-9(8)7(6)3-1/h1-4H,5H2. The zero-order valence-electron chi connectivity index (χ0n) is 4.91. The van der Waals surface area contributed by atoms with E-state index in [1.165, 1.54) is 11.3 Å². The number of hydrogen-bond donors (Lipinski definition) is 0. The van der Waals surface area contributed by atoms with E-state index in [1.807, 2.05) is 0 Å². The number of fused-ring (bicyclic) bond motifs is 3. The Morgan fingerprint density at radius 1 is 1.33 bits per heavy atom. The van der Waals surface area contributed by atoms with Crippen LogP contribution >= 0.6 is 0 Å². The molecule has 1 aliphatic carbocycles. The van der Waals surface area contributed by atoms with E-state index in [0.29, 0.717) is 0 Å². The first-order valence-corrected chi connectivity index (χ1v) is 3.10. The minimum absolute atomic E-state index is 1.09. The normalized spacial score (nSPS) is 14.2. The molecule has 0 atom stereocenters. The maximum absolute atomic E-state index is 2.25. The maximum Gasteiger partial charge on any atom is 0.130 e. The van der Waals surface area contributed by atoms with Gasteiger partial charge in [-0.3, -0.25) is 9.36 Å². The molecule has 0 aromatic rings. The van der Waals surface area contributed by atoms with Gasteiger partial charge in [0.2, 0.25) is 0 Å². The first-order chi connectivity index (χ1) is 4.45. The summed E-state index contributed by atoms with van der Waals surface area (Å²) < 4.78 is 4.44. The van der Waals surface area contributed by atoms with Gasteiger partial charge in [-0.25, -0.2) is 0 Å². The van der Waals surface area contributed by atoms with Crippen molar-refractivity contribution in [2.45, 2.75) is 6.67 Å². The minimum atomic E-state index is 1.09. The second kappa shape index (κ2) is 0.923. The van der Waals surface area contributed by atoms with E-state index >= 15 is 0 Å². The SMILES string of the molecule is c1cc2cn3n(c-2c1)C3. The number of hydrogen-bond acceptors (Lipinski definition) is 0. The highest BCUT2D eigenvalue weighted by Crippen LogP contribution is 2.29. The Hall–Kier alpha value is -1.18. The summed E-state index contributed by atoms with van der Waals surface area (Å²) in [6, 6.07) is 6.39. The van der Waals surface area contributed by atoms with E-state index in [1.54, 1.807) is 0 Å². The van der Waals surface area contributed by atoms with Crippen LogP contribution in [0, 0.1) is 0 Å². The molecule has 0 unspecified atom stereocenters. The predicted molar refractivity (Wildman–Crippen MR) is 34.4 cm³/mol. The van der Waals surface area contributed by atoms with Crippen molar-refractivity contribution in [2.24, 2.45) is 0 Å². The smallest absolute Gasteiger partial charge is 0.130 e. The van der Waals surface area contributed by atoms with Gasteiger partial charge < -0.3 is 0 Å². The van der Waals surface area contributed by atoms with Crippen LogP contribution in [-0.2, 0) is 6.67 Å². The molecule has 0 fully saturated rings. The fraction of sp³-hybridized carbons (Fsp3) is 0.143. The molecule has 3 aliphatic rings. The molecule has 3 rings (SSSR count). The third kappa shape index (κ3) is 0.304. The molecule has 0 amide bonds. The van der Waals surface area contributed by atoms with Gasteiger partial charge in [0.05, 0.1) is 5.69 Å². The number of rotatable bonds is 0. The van der Waals surface area contributed by atoms with Crippen molar-refractivity contribution < 1.29 is 0 Å². The average Bonchev–Trinajstić information content (AvgIpc) is 2.38. The van der Waals surface area contributed by atoms with Gasteiger partial charge >= 0.3 is 0 Å². The third-order valence-electron chi connectivity index (χ3n) is 1.90. The van der Waals surface area contributed by atoms with Gasteiger partial charge in [-0.15, -0.1) is 0 Å². The molecule has 2 aliphatic heterocycles. The fourth-order valence-electron chi connectivity index (χ4n) is 1.36. The summed E-state index contributed by atoms with van der Waals surface area (Å²) in [4.78, 5) is 0. The zero-order chi connectivity index (χ0) is 5.84. The second-order valence-electron chi connectivity index (χ2n) is 2.48. The predicted octanol–water partition coefficient (Wildman–Crippen LogP) is 1.21. The molecule has 9 heavy (non-hydrogen) atoms. The molecule has 2 nitrogen and oxygen atoms in total. The lowest BCUT2D eigenvalue weighted by Gasteiger charge is -1.83. The highest BCUT2D eigenvalue weighted by molar-refractivity contribution is 5.63. The molecule has 0 spiro atoms. The average molecular weight is 118 g/mol. The Kier molecular flexibility index (Phi) is 0.387. The molecule has 0 aromatic heterocycles. The van der Waals surface area contributed by atoms with Crippen LogP contribution in [-0.4, -0.2) is 9.36 Å². The van der Waals surface area contributed by atoms with Crippen molar-refractivity contribution in [3.63, 3.8) is 0 Å². The monoisotopic (exact) mass is 118 g/mol. The lowest BCUT2D eigenvalue weighted by Crippen LogP contribution is -1.72. The van der Waals surface area contributed by atoms with Gasteiger partial charge in [-0.05, 0) is 6.07 Å². The van der Waals surface area contributed by atoms with Crippen molar-refractivity contribution >= 4 is 0 Å². The van der Waals surface area contributed by atoms with Gasteiger partial charge in [0, 0.05) is 11.8 Å². The van der Waals surface area contributed by atoms with Crippen molar-refractivity contribution in [1.29, 1.82) is 0 Å². The van der Waals surface area contributed by atoms with Crippen LogP contribution in [0.1, 0.15) is 0 Å². The molecule has 0 bridgehead atoms. The van der Waals surface area contributed by atoms with E-state index in [9.17, 15) is 0 Å². The van der Waals surface area contributed by atoms with Gasteiger partial charge in [0.25, 0.3) is 0 Å². The van der Waals surface area contributed by atoms with Crippen LogP contribution in [0.3, 0.4) is 0 Å². The Labute approximate surface area is 52.6 Å². The molecule has 0 saturated heterocycles. The zero-order valence-corrected chi connectivity index (χ0v) is 4.91. The van der Waals surface area contributed by atoms with Crippen LogP contribution < -0.4 is 0 Å². The summed E-state index contributed by atoms with van der Waals surface area (Å²) in [7, 11) is 0. The van der Waals surface area contributed by atoms with E-state index in [2.05, 4.69) is 33.8 Å². The summed E-state index contributed by atoms with van der Waals surface area (Å²) in [6.45, 7) is 1.09. The van der Waals surface area contributed by atoms with Crippen molar-refractivity contribution in [2.75, 3.05) is 0 Å². The van der Waals surface area contributed by atoms with Crippen LogP contribution in [0.2, 0.25) is 0 Å². The molecular weight excluding hydrogens is 112 g/mol. The van der Waals surface area contributed by atoms with Crippen molar-refractivity contribution in [3.05, 3.63) is 24.4 Å². The van der Waals surface area contributed by atoms with E-state index in [-0.39, 0.29) is 0 Å². The lowest BCUT2D eigenvalue weighted by molar-refractivity contribution is 1.10. The van der Waals surface area contributed by atoms with Gasteiger partial charge in [-0.2, -0.15) is 0 Å². The van der Waals surface area contributed by atoms with E-state index < -0.39 is 0 Å². The Morgan fingerprint density at radius 2 is 2.33 bits per heavy atom.